The normalized spacial score (nSPS) is 16.4. The minimum Gasteiger partial charge on any atom is -0.383 e. The first-order valence-electron chi connectivity index (χ1n) is 10.1. The number of likely N-dealkylation sites (tertiary alicyclic amines) is 1. The standard InChI is InChI=1S/C22H32N4O3/c1-15-10-20(17(3)26(15)16(2)14-29-5)11-21(12-23)22(28)25-8-6-19(7-9-25)13-24-18(4)27/h10-11,16,19H,6-9,13-14H2,1-5H3,(H,24,27)/b21-11-. The minimum atomic E-state index is -0.222. The van der Waals surface area contributed by atoms with Crippen LogP contribution in [0.1, 0.15) is 49.7 Å². The lowest BCUT2D eigenvalue weighted by molar-refractivity contribution is -0.128. The van der Waals surface area contributed by atoms with Gasteiger partial charge in [-0.25, -0.2) is 0 Å². The summed E-state index contributed by atoms with van der Waals surface area (Å²) in [6, 6.07) is 4.27. The van der Waals surface area contributed by atoms with Crippen molar-refractivity contribution in [3.63, 3.8) is 0 Å². The van der Waals surface area contributed by atoms with E-state index in [2.05, 4.69) is 22.9 Å². The van der Waals surface area contributed by atoms with Crippen molar-refractivity contribution in [3.8, 4) is 6.07 Å². The highest BCUT2D eigenvalue weighted by molar-refractivity contribution is 6.01. The molecule has 1 atom stereocenters. The van der Waals surface area contributed by atoms with Crippen LogP contribution < -0.4 is 5.32 Å². The van der Waals surface area contributed by atoms with Crippen LogP contribution in [0.3, 0.4) is 0 Å². The van der Waals surface area contributed by atoms with Gasteiger partial charge >= 0.3 is 0 Å². The van der Waals surface area contributed by atoms with Gasteiger partial charge in [0, 0.05) is 45.1 Å². The molecular weight excluding hydrogens is 368 g/mol. The fourth-order valence-electron chi connectivity index (χ4n) is 4.04. The van der Waals surface area contributed by atoms with Gasteiger partial charge in [-0.05, 0) is 57.2 Å². The maximum Gasteiger partial charge on any atom is 0.264 e. The summed E-state index contributed by atoms with van der Waals surface area (Å²) in [6.07, 6.45) is 3.35. The maximum absolute atomic E-state index is 12.9. The molecule has 7 heteroatoms. The molecule has 7 nitrogen and oxygen atoms in total. The molecule has 1 saturated heterocycles. The molecule has 1 unspecified atom stereocenters. The number of nitrogens with one attached hydrogen (secondary N) is 1. The second-order valence-corrected chi connectivity index (χ2v) is 7.84. The Balaban J connectivity index is 2.11. The number of piperidine rings is 1. The molecule has 0 aromatic carbocycles. The van der Waals surface area contributed by atoms with Gasteiger partial charge in [0.2, 0.25) is 5.91 Å². The predicted molar refractivity (Wildman–Crippen MR) is 112 cm³/mol. The number of nitrogens with zero attached hydrogens (tertiary/aromatic N) is 3. The lowest BCUT2D eigenvalue weighted by Crippen LogP contribution is -2.41. The van der Waals surface area contributed by atoms with Crippen molar-refractivity contribution < 1.29 is 14.3 Å². The van der Waals surface area contributed by atoms with Crippen molar-refractivity contribution in [2.75, 3.05) is 33.4 Å². The molecule has 1 aliphatic heterocycles. The molecule has 1 fully saturated rings. The molecule has 0 aliphatic carbocycles. The first-order valence-corrected chi connectivity index (χ1v) is 10.1. The SMILES string of the molecule is COCC(C)n1c(C)cc(/C=C(/C#N)C(=O)N2CCC(CNC(C)=O)CC2)c1C. The molecule has 2 heterocycles. The van der Waals surface area contributed by atoms with Crippen molar-refractivity contribution in [2.24, 2.45) is 5.92 Å². The number of amides is 2. The van der Waals surface area contributed by atoms with Crippen molar-refractivity contribution >= 4 is 17.9 Å². The van der Waals surface area contributed by atoms with Crippen molar-refractivity contribution in [1.82, 2.24) is 14.8 Å². The molecule has 0 saturated carbocycles. The monoisotopic (exact) mass is 400 g/mol. The van der Waals surface area contributed by atoms with Crippen molar-refractivity contribution in [3.05, 3.63) is 28.6 Å². The summed E-state index contributed by atoms with van der Waals surface area (Å²) in [5.41, 5.74) is 3.13. The van der Waals surface area contributed by atoms with E-state index in [4.69, 9.17) is 4.74 Å². The Bertz CT molecular complexity index is 811. The number of aromatic nitrogens is 1. The lowest BCUT2D eigenvalue weighted by atomic mass is 9.96. The second-order valence-electron chi connectivity index (χ2n) is 7.84. The van der Waals surface area contributed by atoms with E-state index in [1.54, 1.807) is 18.1 Å². The lowest BCUT2D eigenvalue weighted by Gasteiger charge is -2.31. The molecule has 1 aromatic rings. The largest absolute Gasteiger partial charge is 0.383 e. The number of hydrogen-bond donors (Lipinski definition) is 1. The van der Waals surface area contributed by atoms with E-state index in [-0.39, 0.29) is 23.4 Å². The van der Waals surface area contributed by atoms with Crippen LogP contribution in [0, 0.1) is 31.1 Å². The van der Waals surface area contributed by atoms with Gasteiger partial charge in [-0.1, -0.05) is 0 Å². The molecule has 1 aromatic heterocycles. The van der Waals surface area contributed by atoms with Gasteiger partial charge in [-0.2, -0.15) is 5.26 Å². The number of hydrogen-bond acceptors (Lipinski definition) is 4. The van der Waals surface area contributed by atoms with E-state index in [1.807, 2.05) is 19.9 Å². The van der Waals surface area contributed by atoms with Crippen LogP contribution >= 0.6 is 0 Å². The number of ether oxygens (including phenoxy) is 1. The average Bonchev–Trinajstić information content (AvgIpc) is 2.97. The zero-order valence-electron chi connectivity index (χ0n) is 18.1. The third-order valence-corrected chi connectivity index (χ3v) is 5.56. The maximum atomic E-state index is 12.9. The number of carbonyl (C=O) groups excluding carboxylic acids is 2. The molecule has 29 heavy (non-hydrogen) atoms. The topological polar surface area (TPSA) is 87.4 Å². The van der Waals surface area contributed by atoms with Crippen LogP contribution in [0.2, 0.25) is 0 Å². The summed E-state index contributed by atoms with van der Waals surface area (Å²) in [5, 5.41) is 12.4. The number of methoxy groups -OCH3 is 1. The quantitative estimate of drug-likeness (QED) is 0.563. The molecule has 0 spiro atoms. The van der Waals surface area contributed by atoms with E-state index in [0.29, 0.717) is 32.2 Å². The van der Waals surface area contributed by atoms with Crippen LogP contribution in [-0.2, 0) is 14.3 Å². The molecule has 0 radical (unpaired) electrons. The molecule has 158 valence electrons. The summed E-state index contributed by atoms with van der Waals surface area (Å²) < 4.78 is 7.43. The van der Waals surface area contributed by atoms with E-state index in [0.717, 1.165) is 29.8 Å². The number of aryl methyl sites for hydroxylation is 1. The minimum absolute atomic E-state index is 0.0318. The third-order valence-electron chi connectivity index (χ3n) is 5.56. The summed E-state index contributed by atoms with van der Waals surface area (Å²) in [4.78, 5) is 25.7. The van der Waals surface area contributed by atoms with Crippen LogP contribution in [0.5, 0.6) is 0 Å². The van der Waals surface area contributed by atoms with Gasteiger partial charge in [0.05, 0.1) is 12.6 Å². The second kappa shape index (κ2) is 10.3. The Morgan fingerprint density at radius 1 is 1.38 bits per heavy atom. The first-order chi connectivity index (χ1) is 13.8. The summed E-state index contributed by atoms with van der Waals surface area (Å²) in [5.74, 6) is 0.120. The number of nitriles is 1. The van der Waals surface area contributed by atoms with Crippen molar-refractivity contribution in [1.29, 1.82) is 5.26 Å². The van der Waals surface area contributed by atoms with Crippen LogP contribution in [0.25, 0.3) is 6.08 Å². The van der Waals surface area contributed by atoms with Gasteiger partial charge in [-0.3, -0.25) is 9.59 Å². The zero-order valence-corrected chi connectivity index (χ0v) is 18.1. The average molecular weight is 401 g/mol. The fourth-order valence-corrected chi connectivity index (χ4v) is 4.04. The Morgan fingerprint density at radius 3 is 2.59 bits per heavy atom. The smallest absolute Gasteiger partial charge is 0.264 e. The van der Waals surface area contributed by atoms with E-state index < -0.39 is 0 Å². The summed E-state index contributed by atoms with van der Waals surface area (Å²) in [7, 11) is 1.68. The molecule has 2 amide bonds. The van der Waals surface area contributed by atoms with Crippen LogP contribution in [0.15, 0.2) is 11.6 Å². The first kappa shape index (κ1) is 22.7. The van der Waals surface area contributed by atoms with Gasteiger partial charge in [-0.15, -0.1) is 0 Å². The van der Waals surface area contributed by atoms with E-state index in [9.17, 15) is 14.9 Å². The van der Waals surface area contributed by atoms with Gasteiger partial charge in [0.1, 0.15) is 11.6 Å². The highest BCUT2D eigenvalue weighted by atomic mass is 16.5. The predicted octanol–water partition coefficient (Wildman–Crippen LogP) is 2.59. The summed E-state index contributed by atoms with van der Waals surface area (Å²) >= 11 is 0. The summed E-state index contributed by atoms with van der Waals surface area (Å²) in [6.45, 7) is 10.1. The van der Waals surface area contributed by atoms with E-state index in [1.165, 1.54) is 6.92 Å². The number of carbonyl (C=O) groups is 2. The molecule has 1 aliphatic rings. The zero-order chi connectivity index (χ0) is 21.6. The molecule has 0 bridgehead atoms. The fraction of sp³-hybridized carbons (Fsp3) is 0.591. The highest BCUT2D eigenvalue weighted by Crippen LogP contribution is 2.24. The van der Waals surface area contributed by atoms with Crippen LogP contribution in [0.4, 0.5) is 0 Å². The highest BCUT2D eigenvalue weighted by Gasteiger charge is 2.25. The molecular formula is C22H32N4O3. The Hall–Kier alpha value is -2.59. The Morgan fingerprint density at radius 2 is 2.03 bits per heavy atom. The van der Waals surface area contributed by atoms with E-state index >= 15 is 0 Å². The number of rotatable bonds is 7. The van der Waals surface area contributed by atoms with Gasteiger partial charge in [0.15, 0.2) is 0 Å². The molecule has 1 N–H and O–H groups in total. The van der Waals surface area contributed by atoms with Crippen molar-refractivity contribution in [2.45, 2.75) is 46.6 Å². The molecule has 2 rings (SSSR count). The van der Waals surface area contributed by atoms with Crippen LogP contribution in [-0.4, -0.2) is 54.6 Å². The van der Waals surface area contributed by atoms with Gasteiger partial charge < -0.3 is 19.5 Å². The Labute approximate surface area is 173 Å². The Kier molecular flexibility index (Phi) is 8.03. The van der Waals surface area contributed by atoms with Gasteiger partial charge in [0.25, 0.3) is 5.91 Å². The third kappa shape index (κ3) is 5.70.